The molecule has 0 radical (unpaired) electrons. The van der Waals surface area contributed by atoms with Crippen molar-refractivity contribution in [2.75, 3.05) is 6.54 Å². The molecule has 1 heterocycles. The number of carboxylic acid groups (broad SMARTS) is 1. The summed E-state index contributed by atoms with van der Waals surface area (Å²) in [5, 5.41) is 14.1. The minimum atomic E-state index is -4.53. The minimum Gasteiger partial charge on any atom is -0.481 e. The molecule has 41 heavy (non-hydrogen) atoms. The van der Waals surface area contributed by atoms with E-state index in [4.69, 9.17) is 0 Å². The zero-order valence-electron chi connectivity index (χ0n) is 24.2. The van der Waals surface area contributed by atoms with Gasteiger partial charge in [-0.3, -0.25) is 14.4 Å². The van der Waals surface area contributed by atoms with Crippen LogP contribution in [0, 0.1) is 18.8 Å². The van der Waals surface area contributed by atoms with Crippen LogP contribution in [0.3, 0.4) is 0 Å². The second kappa shape index (κ2) is 11.9. The van der Waals surface area contributed by atoms with E-state index in [0.717, 1.165) is 48.9 Å². The third-order valence-corrected chi connectivity index (χ3v) is 8.43. The normalized spacial score (nSPS) is 19.9. The molecule has 7 nitrogen and oxygen atoms in total. The topological polar surface area (TPSA) is 100 Å². The van der Waals surface area contributed by atoms with E-state index in [1.165, 1.54) is 6.42 Å². The van der Waals surface area contributed by atoms with Gasteiger partial charge < -0.3 is 20.3 Å². The number of benzene rings is 1. The van der Waals surface area contributed by atoms with Crippen molar-refractivity contribution in [1.29, 1.82) is 0 Å². The number of hydrogen-bond acceptors (Lipinski definition) is 3. The van der Waals surface area contributed by atoms with Crippen LogP contribution in [0.2, 0.25) is 0 Å². The summed E-state index contributed by atoms with van der Waals surface area (Å²) in [7, 11) is 0. The number of amides is 2. The van der Waals surface area contributed by atoms with E-state index in [1.807, 2.05) is 43.6 Å². The molecule has 2 aromatic rings. The molecular weight excluding hydrogens is 535 g/mol. The van der Waals surface area contributed by atoms with Crippen molar-refractivity contribution >= 4 is 17.8 Å². The first-order valence-electron chi connectivity index (χ1n) is 14.4. The van der Waals surface area contributed by atoms with Crippen LogP contribution in [0.25, 0.3) is 5.69 Å². The predicted molar refractivity (Wildman–Crippen MR) is 149 cm³/mol. The summed E-state index contributed by atoms with van der Waals surface area (Å²) in [6, 6.07) is 4.92. The van der Waals surface area contributed by atoms with Crippen molar-refractivity contribution in [3.63, 3.8) is 0 Å². The van der Waals surface area contributed by atoms with Gasteiger partial charge >= 0.3 is 12.1 Å². The summed E-state index contributed by atoms with van der Waals surface area (Å²) >= 11 is 0. The summed E-state index contributed by atoms with van der Waals surface area (Å²) < 4.78 is 40.4. The summed E-state index contributed by atoms with van der Waals surface area (Å²) in [5.74, 6) is -1.97. The number of carbonyl (C=O) groups excluding carboxylic acids is 2. The lowest BCUT2D eigenvalue weighted by molar-refractivity contribution is -0.145. The molecule has 4 rings (SSSR count). The predicted octanol–water partition coefficient (Wildman–Crippen LogP) is 6.09. The molecule has 0 unspecified atom stereocenters. The fourth-order valence-electron chi connectivity index (χ4n) is 5.81. The lowest BCUT2D eigenvalue weighted by Crippen LogP contribution is -2.46. The molecule has 2 saturated carbocycles. The van der Waals surface area contributed by atoms with Crippen LogP contribution in [-0.2, 0) is 16.6 Å². The highest BCUT2D eigenvalue weighted by Gasteiger charge is 2.36. The molecule has 2 fully saturated rings. The maximum Gasteiger partial charge on any atom is 0.405 e. The fourth-order valence-corrected chi connectivity index (χ4v) is 5.81. The number of aliphatic carboxylic acids is 1. The van der Waals surface area contributed by atoms with Gasteiger partial charge in [-0.25, -0.2) is 0 Å². The zero-order valence-corrected chi connectivity index (χ0v) is 24.2. The van der Waals surface area contributed by atoms with Gasteiger partial charge in [0.05, 0.1) is 11.5 Å². The summed E-state index contributed by atoms with van der Waals surface area (Å²) in [4.78, 5) is 37.4. The van der Waals surface area contributed by atoms with Gasteiger partial charge in [0.2, 0.25) is 0 Å². The van der Waals surface area contributed by atoms with Gasteiger partial charge in [0.15, 0.2) is 0 Å². The Labute approximate surface area is 238 Å². The van der Waals surface area contributed by atoms with Crippen molar-refractivity contribution in [3.05, 3.63) is 52.3 Å². The smallest absolute Gasteiger partial charge is 0.405 e. The molecule has 0 bridgehead atoms. The van der Waals surface area contributed by atoms with E-state index < -0.39 is 35.9 Å². The Kier molecular flexibility index (Phi) is 8.90. The van der Waals surface area contributed by atoms with Crippen LogP contribution < -0.4 is 10.6 Å². The average molecular weight is 576 g/mol. The van der Waals surface area contributed by atoms with Gasteiger partial charge in [0, 0.05) is 29.2 Å². The summed E-state index contributed by atoms with van der Waals surface area (Å²) in [6.45, 7) is 6.37. The van der Waals surface area contributed by atoms with Gasteiger partial charge in [-0.15, -0.1) is 0 Å². The molecule has 0 aliphatic heterocycles. The Hall–Kier alpha value is -3.30. The van der Waals surface area contributed by atoms with Gasteiger partial charge in [0.25, 0.3) is 11.8 Å². The Morgan fingerprint density at radius 2 is 1.66 bits per heavy atom. The molecule has 0 saturated heterocycles. The van der Waals surface area contributed by atoms with Crippen molar-refractivity contribution in [2.24, 2.45) is 11.8 Å². The van der Waals surface area contributed by atoms with E-state index in [2.05, 4.69) is 5.32 Å². The van der Waals surface area contributed by atoms with Crippen LogP contribution in [0.15, 0.2) is 24.4 Å². The first-order chi connectivity index (χ1) is 19.1. The quantitative estimate of drug-likeness (QED) is 0.355. The van der Waals surface area contributed by atoms with Crippen LogP contribution in [0.1, 0.15) is 103 Å². The Bertz CT molecular complexity index is 1300. The molecule has 2 aliphatic carbocycles. The number of aromatic nitrogens is 1. The number of hydrogen-bond donors (Lipinski definition) is 3. The highest BCUT2D eigenvalue weighted by atomic mass is 19.4. The average Bonchev–Trinajstić information content (AvgIpc) is 3.19. The number of halogens is 3. The molecule has 10 heteroatoms. The maximum atomic E-state index is 13.4. The Morgan fingerprint density at radius 3 is 2.24 bits per heavy atom. The molecule has 0 spiro atoms. The number of carbonyl (C=O) groups is 3. The molecule has 2 aliphatic rings. The van der Waals surface area contributed by atoms with Gasteiger partial charge in [-0.05, 0) is 66.8 Å². The highest BCUT2D eigenvalue weighted by molar-refractivity contribution is 5.97. The van der Waals surface area contributed by atoms with Crippen LogP contribution in [0.4, 0.5) is 13.2 Å². The molecule has 3 N–H and O–H groups in total. The van der Waals surface area contributed by atoms with Crippen molar-refractivity contribution in [1.82, 2.24) is 15.2 Å². The molecule has 1 aromatic heterocycles. The van der Waals surface area contributed by atoms with E-state index in [-0.39, 0.29) is 17.5 Å². The Balaban J connectivity index is 1.73. The number of carboxylic acids is 1. The highest BCUT2D eigenvalue weighted by Crippen LogP contribution is 2.34. The van der Waals surface area contributed by atoms with Crippen molar-refractivity contribution in [3.8, 4) is 5.69 Å². The first kappa shape index (κ1) is 30.7. The van der Waals surface area contributed by atoms with Crippen LogP contribution in [0.5, 0.6) is 0 Å². The number of nitrogens with zero attached hydrogens (tertiary/aromatic N) is 1. The van der Waals surface area contributed by atoms with Crippen LogP contribution >= 0.6 is 0 Å². The largest absolute Gasteiger partial charge is 0.481 e. The van der Waals surface area contributed by atoms with Crippen LogP contribution in [-0.4, -0.2) is 46.2 Å². The summed E-state index contributed by atoms with van der Waals surface area (Å²) in [5.41, 5.74) is 3.33. The van der Waals surface area contributed by atoms with Crippen molar-refractivity contribution in [2.45, 2.75) is 96.7 Å². The minimum absolute atomic E-state index is 0.117. The molecule has 0 atom stereocenters. The van der Waals surface area contributed by atoms with Gasteiger partial charge in [-0.1, -0.05) is 52.9 Å². The number of alkyl halides is 3. The molecule has 224 valence electrons. The second-order valence-corrected chi connectivity index (χ2v) is 12.7. The monoisotopic (exact) mass is 575 g/mol. The Morgan fingerprint density at radius 1 is 1.00 bits per heavy atom. The number of rotatable bonds is 8. The van der Waals surface area contributed by atoms with Gasteiger partial charge in [0.1, 0.15) is 6.54 Å². The van der Waals surface area contributed by atoms with E-state index in [0.29, 0.717) is 30.0 Å². The third-order valence-electron chi connectivity index (χ3n) is 8.43. The first-order valence-corrected chi connectivity index (χ1v) is 14.4. The standard InChI is InChI=1S/C31H40F3N3O4/c1-18-25(28(39)36-23-12-21(13-23)29(40)41)16-37(26(18)10-19-8-6-5-7-9-19)24-14-20(11-22(15-24)30(2,3)4)27(38)35-17-31(32,33)34/h11,14-16,19,21,23H,5-10,12-13,17H2,1-4H3,(H,35,38)(H,36,39)(H,40,41). The SMILES string of the molecule is Cc1c(C(=O)NC2CC(C(=O)O)C2)cn(-c2cc(C(=O)NCC(F)(F)F)cc(C(C)(C)C)c2)c1CC1CCCCC1. The van der Waals surface area contributed by atoms with Gasteiger partial charge in [-0.2, -0.15) is 13.2 Å². The lowest BCUT2D eigenvalue weighted by atomic mass is 9.80. The maximum absolute atomic E-state index is 13.4. The fraction of sp³-hybridized carbons (Fsp3) is 0.581. The van der Waals surface area contributed by atoms with E-state index in [1.54, 1.807) is 18.3 Å². The molecular formula is C31H40F3N3O4. The second-order valence-electron chi connectivity index (χ2n) is 12.7. The number of nitrogens with one attached hydrogen (secondary N) is 2. The zero-order chi connectivity index (χ0) is 30.1. The molecule has 2 amide bonds. The summed E-state index contributed by atoms with van der Waals surface area (Å²) in [6.07, 6.45) is 4.38. The van der Waals surface area contributed by atoms with E-state index in [9.17, 15) is 32.7 Å². The van der Waals surface area contributed by atoms with E-state index >= 15 is 0 Å². The van der Waals surface area contributed by atoms with Crippen molar-refractivity contribution < 1.29 is 32.7 Å². The third kappa shape index (κ3) is 7.51. The molecule has 1 aromatic carbocycles. The lowest BCUT2D eigenvalue weighted by Gasteiger charge is -2.32.